The van der Waals surface area contributed by atoms with Gasteiger partial charge in [-0.15, -0.1) is 0 Å². The summed E-state index contributed by atoms with van der Waals surface area (Å²) in [6.07, 6.45) is 3.29. The third-order valence-electron chi connectivity index (χ3n) is 1.97. The Balaban J connectivity index is -0.000000320. The van der Waals surface area contributed by atoms with Gasteiger partial charge in [-0.2, -0.15) is 0 Å². The highest BCUT2D eigenvalue weighted by Crippen LogP contribution is 2.25. The van der Waals surface area contributed by atoms with Crippen molar-refractivity contribution < 1.29 is 5.11 Å². The second-order valence-corrected chi connectivity index (χ2v) is 3.34. The van der Waals surface area contributed by atoms with E-state index < -0.39 is 0 Å². The molecule has 0 aliphatic rings. The maximum Gasteiger partial charge on any atom is 0.0431 e. The molecule has 1 N–H and O–H groups in total. The largest absolute Gasteiger partial charge is 0.396 e. The van der Waals surface area contributed by atoms with Crippen molar-refractivity contribution in [3.05, 3.63) is 0 Å². The van der Waals surface area contributed by atoms with Crippen LogP contribution in [0.3, 0.4) is 0 Å². The molecule has 0 saturated heterocycles. The van der Waals surface area contributed by atoms with Crippen molar-refractivity contribution in [2.24, 2.45) is 5.41 Å². The van der Waals surface area contributed by atoms with Crippen LogP contribution in [-0.2, 0) is 0 Å². The number of hydrogen-bond donors (Lipinski definition) is 1. The number of hydrogen-bond acceptors (Lipinski definition) is 1. The van der Waals surface area contributed by atoms with E-state index in [0.29, 0.717) is 12.0 Å². The van der Waals surface area contributed by atoms with Crippen LogP contribution in [0.5, 0.6) is 0 Å². The lowest BCUT2D eigenvalue weighted by Crippen LogP contribution is -2.09. The molecule has 0 atom stereocenters. The second-order valence-electron chi connectivity index (χ2n) is 3.34. The van der Waals surface area contributed by atoms with Crippen LogP contribution in [0.25, 0.3) is 0 Å². The first-order chi connectivity index (χ1) is 4.12. The lowest BCUT2D eigenvalue weighted by molar-refractivity contribution is 0.237. The topological polar surface area (TPSA) is 20.2 Å². The fraction of sp³-hybridized carbons (Fsp3) is 1.00. The summed E-state index contributed by atoms with van der Waals surface area (Å²) < 4.78 is 0. The van der Waals surface area contributed by atoms with Gasteiger partial charge in [0.2, 0.25) is 0 Å². The Morgan fingerprint density at radius 1 is 1.18 bits per heavy atom. The summed E-state index contributed by atoms with van der Waals surface area (Å²) in [7, 11) is 0. The Morgan fingerprint density at radius 3 is 1.91 bits per heavy atom. The number of rotatable bonds is 4. The maximum atomic E-state index is 8.53. The van der Waals surface area contributed by atoms with Crippen LogP contribution in [0, 0.1) is 5.41 Å². The van der Waals surface area contributed by atoms with Crippen molar-refractivity contribution in [2.75, 3.05) is 6.61 Å². The van der Waals surface area contributed by atoms with E-state index in [4.69, 9.17) is 5.11 Å². The minimum atomic E-state index is 0. The molecule has 0 bridgehead atoms. The number of aliphatic hydroxyl groups is 1. The summed E-state index contributed by atoms with van der Waals surface area (Å²) in [6.45, 7) is 7.01. The highest BCUT2D eigenvalue weighted by Gasteiger charge is 2.12. The van der Waals surface area contributed by atoms with Gasteiger partial charge < -0.3 is 5.11 Å². The molecule has 0 aliphatic carbocycles. The quantitative estimate of drug-likeness (QED) is 0.671. The zero-order valence-corrected chi connectivity index (χ0v) is 6.78. The van der Waals surface area contributed by atoms with E-state index >= 15 is 0 Å². The normalized spacial score (nSPS) is 9.82. The van der Waals surface area contributed by atoms with E-state index in [2.05, 4.69) is 20.8 Å². The lowest BCUT2D eigenvalue weighted by atomic mass is 9.85. The van der Waals surface area contributed by atoms with Gasteiger partial charge in [0.1, 0.15) is 0 Å². The molecule has 0 heterocycles. The molecule has 0 aromatic rings. The van der Waals surface area contributed by atoms with Gasteiger partial charge in [0.25, 0.3) is 0 Å². The summed E-state index contributed by atoms with van der Waals surface area (Å²) in [6, 6.07) is 0. The van der Waals surface area contributed by atoms with E-state index in [1.165, 1.54) is 6.42 Å². The molecule has 1 nitrogen and oxygen atoms in total. The second kappa shape index (κ2) is 8.06. The van der Waals surface area contributed by atoms with Crippen LogP contribution in [0.2, 0.25) is 0 Å². The SMILES string of the molecule is C.C.CCC(C)(C)CCCO. The molecule has 0 fully saturated rings. The lowest BCUT2D eigenvalue weighted by Gasteiger charge is -2.21. The Kier molecular flexibility index (Phi) is 12.6. The smallest absolute Gasteiger partial charge is 0.0431 e. The van der Waals surface area contributed by atoms with Crippen molar-refractivity contribution >= 4 is 0 Å². The molecule has 11 heavy (non-hydrogen) atoms. The Morgan fingerprint density at radius 2 is 1.64 bits per heavy atom. The maximum absolute atomic E-state index is 8.53. The Hall–Kier alpha value is -0.0400. The Bertz CT molecular complexity index is 67.3. The van der Waals surface area contributed by atoms with Gasteiger partial charge in [-0.1, -0.05) is 42.0 Å². The first-order valence-electron chi connectivity index (χ1n) is 3.73. The zero-order chi connectivity index (χ0) is 7.33. The Labute approximate surface area is 72.8 Å². The molecular formula is C10H26O. The molecule has 1 heteroatoms. The predicted octanol–water partition coefficient (Wildman–Crippen LogP) is 3.47. The van der Waals surface area contributed by atoms with Crippen molar-refractivity contribution in [1.82, 2.24) is 0 Å². The van der Waals surface area contributed by atoms with Crippen molar-refractivity contribution in [2.45, 2.75) is 54.9 Å². The van der Waals surface area contributed by atoms with Gasteiger partial charge in [-0.25, -0.2) is 0 Å². The molecule has 0 unspecified atom stereocenters. The summed E-state index contributed by atoms with van der Waals surface area (Å²) in [4.78, 5) is 0. The van der Waals surface area contributed by atoms with Gasteiger partial charge >= 0.3 is 0 Å². The van der Waals surface area contributed by atoms with Crippen LogP contribution in [0.1, 0.15) is 54.9 Å². The van der Waals surface area contributed by atoms with Gasteiger partial charge in [0, 0.05) is 6.61 Å². The molecule has 72 valence electrons. The fourth-order valence-corrected chi connectivity index (χ4v) is 0.734. The monoisotopic (exact) mass is 162 g/mol. The van der Waals surface area contributed by atoms with E-state index in [-0.39, 0.29) is 14.9 Å². The van der Waals surface area contributed by atoms with E-state index in [0.717, 1.165) is 12.8 Å². The molecule has 0 radical (unpaired) electrons. The first kappa shape index (κ1) is 17.2. The highest BCUT2D eigenvalue weighted by molar-refractivity contribution is 4.65. The standard InChI is InChI=1S/C8H18O.2CH4/c1-4-8(2,3)6-5-7-9;;/h9H,4-7H2,1-3H3;2*1H4. The molecule has 0 aromatic heterocycles. The van der Waals surface area contributed by atoms with Gasteiger partial charge in [-0.05, 0) is 18.3 Å². The molecule has 0 aromatic carbocycles. The van der Waals surface area contributed by atoms with Crippen LogP contribution in [0.15, 0.2) is 0 Å². The fourth-order valence-electron chi connectivity index (χ4n) is 0.734. The van der Waals surface area contributed by atoms with E-state index in [1.807, 2.05) is 0 Å². The molecule has 0 spiro atoms. The van der Waals surface area contributed by atoms with Crippen molar-refractivity contribution in [1.29, 1.82) is 0 Å². The minimum absolute atomic E-state index is 0. The summed E-state index contributed by atoms with van der Waals surface area (Å²) >= 11 is 0. The third-order valence-corrected chi connectivity index (χ3v) is 1.97. The third kappa shape index (κ3) is 9.96. The first-order valence-corrected chi connectivity index (χ1v) is 3.73. The summed E-state index contributed by atoms with van der Waals surface area (Å²) in [5, 5.41) is 8.53. The van der Waals surface area contributed by atoms with Gasteiger partial charge in [0.05, 0.1) is 0 Å². The average molecular weight is 162 g/mol. The van der Waals surface area contributed by atoms with Gasteiger partial charge in [0.15, 0.2) is 0 Å². The number of aliphatic hydroxyl groups excluding tert-OH is 1. The van der Waals surface area contributed by atoms with Crippen LogP contribution >= 0.6 is 0 Å². The van der Waals surface area contributed by atoms with E-state index in [9.17, 15) is 0 Å². The molecule has 0 aliphatic heterocycles. The van der Waals surface area contributed by atoms with Crippen LogP contribution in [-0.4, -0.2) is 11.7 Å². The summed E-state index contributed by atoms with van der Waals surface area (Å²) in [5.41, 5.74) is 0.433. The molecule has 0 saturated carbocycles. The zero-order valence-electron chi connectivity index (χ0n) is 6.78. The van der Waals surface area contributed by atoms with E-state index in [1.54, 1.807) is 0 Å². The molecule has 0 rings (SSSR count). The van der Waals surface area contributed by atoms with Crippen molar-refractivity contribution in [3.63, 3.8) is 0 Å². The van der Waals surface area contributed by atoms with Gasteiger partial charge in [-0.3, -0.25) is 0 Å². The molecular weight excluding hydrogens is 136 g/mol. The van der Waals surface area contributed by atoms with Crippen molar-refractivity contribution in [3.8, 4) is 0 Å². The summed E-state index contributed by atoms with van der Waals surface area (Å²) in [5.74, 6) is 0. The average Bonchev–Trinajstić information content (AvgIpc) is 1.84. The van der Waals surface area contributed by atoms with Crippen LogP contribution < -0.4 is 0 Å². The predicted molar refractivity (Wildman–Crippen MR) is 53.9 cm³/mol. The minimum Gasteiger partial charge on any atom is -0.396 e. The highest BCUT2D eigenvalue weighted by atomic mass is 16.2. The molecule has 0 amide bonds. The van der Waals surface area contributed by atoms with Crippen LogP contribution in [0.4, 0.5) is 0 Å².